The Labute approximate surface area is 87.4 Å². The average Bonchev–Trinajstić information content (AvgIpc) is 2.00. The lowest BCUT2D eigenvalue weighted by Crippen LogP contribution is -2.02. The van der Waals surface area contributed by atoms with E-state index in [1.54, 1.807) is 13.8 Å². The van der Waals surface area contributed by atoms with Crippen LogP contribution in [0.5, 0.6) is 0 Å². The monoisotopic (exact) mass is 248 g/mol. The fourth-order valence-corrected chi connectivity index (χ4v) is 1.66. The Balaban J connectivity index is 4.29. The minimum atomic E-state index is -3.56. The molecule has 0 fully saturated rings. The molecule has 0 saturated heterocycles. The molecule has 0 aliphatic heterocycles. The van der Waals surface area contributed by atoms with Crippen molar-refractivity contribution in [3.63, 3.8) is 0 Å². The molecular formula is C6H11Cl2O4P. The van der Waals surface area contributed by atoms with Crippen molar-refractivity contribution in [2.45, 2.75) is 20.0 Å². The third-order valence-corrected chi connectivity index (χ3v) is 2.50. The summed E-state index contributed by atoms with van der Waals surface area (Å²) < 4.78 is 25.4. The molecule has 0 amide bonds. The van der Waals surface area contributed by atoms with Gasteiger partial charge in [0.25, 0.3) is 0 Å². The Morgan fingerprint density at radius 1 is 1.46 bits per heavy atom. The number of rotatable bonds is 5. The van der Waals surface area contributed by atoms with Gasteiger partial charge in [0.05, 0.1) is 6.10 Å². The number of halogens is 2. The Morgan fingerprint density at radius 3 is 2.31 bits per heavy atom. The summed E-state index contributed by atoms with van der Waals surface area (Å²) in [6, 6.07) is 0. The molecule has 0 aromatic heterocycles. The van der Waals surface area contributed by atoms with Crippen LogP contribution in [0.4, 0.5) is 0 Å². The molecule has 0 spiro atoms. The maximum atomic E-state index is 11.5. The highest BCUT2D eigenvalue weighted by atomic mass is 35.5. The molecule has 4 nitrogen and oxygen atoms in total. The summed E-state index contributed by atoms with van der Waals surface area (Å²) in [5.41, 5.74) is 0. The topological polar surface area (TPSA) is 44.8 Å². The van der Waals surface area contributed by atoms with Gasteiger partial charge in [0.15, 0.2) is 0 Å². The molecule has 0 aromatic rings. The zero-order valence-electron chi connectivity index (χ0n) is 7.49. The molecular weight excluding hydrogens is 238 g/mol. The van der Waals surface area contributed by atoms with Crippen LogP contribution >= 0.6 is 31.0 Å². The molecule has 0 bridgehead atoms. The molecule has 1 unspecified atom stereocenters. The quantitative estimate of drug-likeness (QED) is 0.552. The predicted octanol–water partition coefficient (Wildman–Crippen LogP) is 3.46. The van der Waals surface area contributed by atoms with E-state index in [9.17, 15) is 4.57 Å². The van der Waals surface area contributed by atoms with Gasteiger partial charge in [0, 0.05) is 7.11 Å². The molecule has 0 aromatic carbocycles. The minimum absolute atomic E-state index is 0.162. The zero-order chi connectivity index (χ0) is 10.5. The second kappa shape index (κ2) is 5.89. The van der Waals surface area contributed by atoms with E-state index < -0.39 is 7.82 Å². The molecule has 0 N–H and O–H groups in total. The van der Waals surface area contributed by atoms with E-state index in [1.165, 1.54) is 7.11 Å². The van der Waals surface area contributed by atoms with Crippen molar-refractivity contribution in [2.24, 2.45) is 0 Å². The third-order valence-electron chi connectivity index (χ3n) is 0.834. The maximum Gasteiger partial charge on any atom is 0.529 e. The van der Waals surface area contributed by atoms with E-state index in [0.717, 1.165) is 6.26 Å². The van der Waals surface area contributed by atoms with Crippen LogP contribution in [0.25, 0.3) is 0 Å². The van der Waals surface area contributed by atoms with Crippen LogP contribution in [0.2, 0.25) is 0 Å². The first-order valence-electron chi connectivity index (χ1n) is 3.43. The van der Waals surface area contributed by atoms with Gasteiger partial charge in [-0.25, -0.2) is 4.57 Å². The summed E-state index contributed by atoms with van der Waals surface area (Å²) in [5.74, 6) is 0. The Kier molecular flexibility index (Phi) is 6.01. The fourth-order valence-electron chi connectivity index (χ4n) is 0.474. The molecule has 0 saturated carbocycles. The van der Waals surface area contributed by atoms with Crippen molar-refractivity contribution in [1.29, 1.82) is 0 Å². The van der Waals surface area contributed by atoms with Crippen LogP contribution in [0, 0.1) is 0 Å². The first-order chi connectivity index (χ1) is 5.89. The summed E-state index contributed by atoms with van der Waals surface area (Å²) in [4.78, 5) is 0. The number of phosphoric ester groups is 1. The van der Waals surface area contributed by atoms with Gasteiger partial charge in [-0.15, -0.1) is 0 Å². The molecule has 0 rings (SSSR count). The highest BCUT2D eigenvalue weighted by Crippen LogP contribution is 2.50. The van der Waals surface area contributed by atoms with Crippen LogP contribution in [-0.4, -0.2) is 13.2 Å². The second-order valence-electron chi connectivity index (χ2n) is 2.30. The first kappa shape index (κ1) is 13.3. The zero-order valence-corrected chi connectivity index (χ0v) is 9.90. The highest BCUT2D eigenvalue weighted by molar-refractivity contribution is 7.48. The average molecular weight is 249 g/mol. The Bertz CT molecular complexity index is 225. The van der Waals surface area contributed by atoms with Crippen LogP contribution in [0.1, 0.15) is 13.8 Å². The molecule has 78 valence electrons. The van der Waals surface area contributed by atoms with E-state index in [-0.39, 0.29) is 10.6 Å². The van der Waals surface area contributed by atoms with Gasteiger partial charge >= 0.3 is 7.82 Å². The van der Waals surface area contributed by atoms with Crippen LogP contribution in [0.3, 0.4) is 0 Å². The van der Waals surface area contributed by atoms with Crippen LogP contribution in [0.15, 0.2) is 10.8 Å². The van der Waals surface area contributed by atoms with Crippen molar-refractivity contribution < 1.29 is 18.1 Å². The van der Waals surface area contributed by atoms with Crippen molar-refractivity contribution >= 4 is 31.0 Å². The van der Waals surface area contributed by atoms with Crippen molar-refractivity contribution in [3.05, 3.63) is 10.8 Å². The summed E-state index contributed by atoms with van der Waals surface area (Å²) in [6.07, 6.45) is 0.615. The van der Waals surface area contributed by atoms with Crippen molar-refractivity contribution in [1.82, 2.24) is 0 Å². The molecule has 13 heavy (non-hydrogen) atoms. The van der Waals surface area contributed by atoms with E-state index in [4.69, 9.17) is 27.7 Å². The van der Waals surface area contributed by atoms with Crippen molar-refractivity contribution in [2.75, 3.05) is 7.11 Å². The Morgan fingerprint density at radius 2 is 2.00 bits per heavy atom. The van der Waals surface area contributed by atoms with Gasteiger partial charge in [0.1, 0.15) is 10.8 Å². The van der Waals surface area contributed by atoms with Gasteiger partial charge in [-0.05, 0) is 13.8 Å². The molecule has 0 aliphatic rings. The van der Waals surface area contributed by atoms with E-state index in [1.807, 2.05) is 0 Å². The van der Waals surface area contributed by atoms with Gasteiger partial charge < -0.3 is 4.52 Å². The lowest BCUT2D eigenvalue weighted by molar-refractivity contribution is 0.132. The van der Waals surface area contributed by atoms with Crippen molar-refractivity contribution in [3.8, 4) is 0 Å². The molecule has 0 radical (unpaired) electrons. The molecule has 1 atom stereocenters. The van der Waals surface area contributed by atoms with Gasteiger partial charge in [-0.1, -0.05) is 23.2 Å². The summed E-state index contributed by atoms with van der Waals surface area (Å²) in [5, 5.41) is 0. The first-order valence-corrected chi connectivity index (χ1v) is 5.65. The van der Waals surface area contributed by atoms with Gasteiger partial charge in [0.2, 0.25) is 0 Å². The maximum absolute atomic E-state index is 11.5. The molecule has 7 heteroatoms. The predicted molar refractivity (Wildman–Crippen MR) is 51.7 cm³/mol. The molecule has 0 heterocycles. The van der Waals surface area contributed by atoms with Gasteiger partial charge in [-0.3, -0.25) is 9.05 Å². The fraction of sp³-hybridized carbons (Fsp3) is 0.667. The lowest BCUT2D eigenvalue weighted by atomic mass is 10.5. The normalized spacial score (nSPS) is 15.2. The summed E-state index contributed by atoms with van der Waals surface area (Å²) >= 11 is 10.5. The van der Waals surface area contributed by atoms with Crippen LogP contribution in [-0.2, 0) is 18.1 Å². The standard InChI is InChI=1S/C6H11Cl2O4P/c1-5(2)12-13(9,10-3)11-4-6(7)8/h4-5H,1-3H3. The van der Waals surface area contributed by atoms with E-state index in [0.29, 0.717) is 0 Å². The SMILES string of the molecule is COP(=O)(OC=C(Cl)Cl)OC(C)C. The highest BCUT2D eigenvalue weighted by Gasteiger charge is 2.26. The van der Waals surface area contributed by atoms with E-state index >= 15 is 0 Å². The smallest absolute Gasteiger partial charge is 0.409 e. The second-order valence-corrected chi connectivity index (χ2v) is 4.99. The largest absolute Gasteiger partial charge is 0.529 e. The third kappa shape index (κ3) is 6.36. The Hall–Kier alpha value is 0.270. The minimum Gasteiger partial charge on any atom is -0.409 e. The number of hydrogen-bond acceptors (Lipinski definition) is 4. The summed E-state index contributed by atoms with van der Waals surface area (Å²) in [6.45, 7) is 3.39. The van der Waals surface area contributed by atoms with E-state index in [2.05, 4.69) is 9.05 Å². The summed E-state index contributed by atoms with van der Waals surface area (Å²) in [7, 11) is -2.35. The van der Waals surface area contributed by atoms with Gasteiger partial charge in [-0.2, -0.15) is 0 Å². The lowest BCUT2D eigenvalue weighted by Gasteiger charge is -2.16. The number of phosphoric acid groups is 1. The molecule has 0 aliphatic carbocycles. The number of hydrogen-bond donors (Lipinski definition) is 0. The van der Waals surface area contributed by atoms with Crippen LogP contribution < -0.4 is 0 Å².